The summed E-state index contributed by atoms with van der Waals surface area (Å²) in [5, 5.41) is 1.43. The molecule has 8 nitrogen and oxygen atoms in total. The van der Waals surface area contributed by atoms with Crippen LogP contribution in [0.5, 0.6) is 0 Å². The summed E-state index contributed by atoms with van der Waals surface area (Å²) < 4.78 is 33.1. The van der Waals surface area contributed by atoms with Crippen LogP contribution in [-0.2, 0) is 30.8 Å². The highest BCUT2D eigenvalue weighted by molar-refractivity contribution is 7.89. The molecule has 1 aliphatic rings. The second kappa shape index (κ2) is 10.8. The number of ether oxygens (including phenoxy) is 1. The van der Waals surface area contributed by atoms with E-state index < -0.39 is 16.0 Å². The van der Waals surface area contributed by atoms with Crippen molar-refractivity contribution in [3.8, 4) is 0 Å². The normalized spacial score (nSPS) is 14.9. The van der Waals surface area contributed by atoms with Gasteiger partial charge in [-0.15, -0.1) is 11.3 Å². The van der Waals surface area contributed by atoms with Gasteiger partial charge in [0.05, 0.1) is 20.1 Å². The Morgan fingerprint density at radius 3 is 2.44 bits per heavy atom. The fourth-order valence-corrected chi connectivity index (χ4v) is 6.21. The van der Waals surface area contributed by atoms with Crippen molar-refractivity contribution >= 4 is 55.1 Å². The van der Waals surface area contributed by atoms with Crippen LogP contribution >= 0.6 is 22.9 Å². The van der Waals surface area contributed by atoms with E-state index in [0.29, 0.717) is 17.9 Å². The molecule has 11 heteroatoms. The van der Waals surface area contributed by atoms with Crippen LogP contribution in [0.25, 0.3) is 10.2 Å². The second-order valence-electron chi connectivity index (χ2n) is 7.83. The SMILES string of the molecule is O=C(CCCc1nc2ccccc2s1)OCC(=O)N1CCN(S(=O)(=O)c2ccc(Cl)cc2)CC1. The number of benzene rings is 2. The number of carbonyl (C=O) groups is 2. The van der Waals surface area contributed by atoms with Gasteiger partial charge in [0.15, 0.2) is 6.61 Å². The Bertz CT molecular complexity index is 1240. The Labute approximate surface area is 207 Å². The number of aryl methyl sites for hydroxylation is 1. The molecule has 1 amide bonds. The summed E-state index contributed by atoms with van der Waals surface area (Å²) in [5.74, 6) is -0.763. The summed E-state index contributed by atoms with van der Waals surface area (Å²) >= 11 is 7.44. The molecule has 1 saturated heterocycles. The van der Waals surface area contributed by atoms with Crippen LogP contribution < -0.4 is 0 Å². The van der Waals surface area contributed by atoms with E-state index in [1.807, 2.05) is 24.3 Å². The highest BCUT2D eigenvalue weighted by atomic mass is 35.5. The summed E-state index contributed by atoms with van der Waals surface area (Å²) in [5.41, 5.74) is 0.955. The summed E-state index contributed by atoms with van der Waals surface area (Å²) in [4.78, 5) is 30.7. The largest absolute Gasteiger partial charge is 0.456 e. The third-order valence-electron chi connectivity index (χ3n) is 5.51. The minimum atomic E-state index is -3.65. The van der Waals surface area contributed by atoms with Gasteiger partial charge in [0.25, 0.3) is 5.91 Å². The molecule has 1 aliphatic heterocycles. The van der Waals surface area contributed by atoms with Crippen LogP contribution in [0, 0.1) is 0 Å². The van der Waals surface area contributed by atoms with Crippen LogP contribution in [-0.4, -0.2) is 67.3 Å². The zero-order chi connectivity index (χ0) is 24.1. The maximum absolute atomic E-state index is 12.8. The van der Waals surface area contributed by atoms with Gasteiger partial charge in [0, 0.05) is 37.6 Å². The molecule has 1 aromatic heterocycles. The molecule has 0 N–H and O–H groups in total. The van der Waals surface area contributed by atoms with E-state index in [1.165, 1.54) is 33.5 Å². The molecule has 0 radical (unpaired) electrons. The summed E-state index contributed by atoms with van der Waals surface area (Å²) in [6.45, 7) is 0.477. The summed E-state index contributed by atoms with van der Waals surface area (Å²) in [6.07, 6.45) is 1.47. The van der Waals surface area contributed by atoms with Gasteiger partial charge in [-0.05, 0) is 49.2 Å². The fraction of sp³-hybridized carbons (Fsp3) is 0.348. The van der Waals surface area contributed by atoms with Crippen LogP contribution in [0.2, 0.25) is 5.02 Å². The van der Waals surface area contributed by atoms with Crippen molar-refractivity contribution in [3.05, 3.63) is 58.6 Å². The topological polar surface area (TPSA) is 96.9 Å². The molecule has 4 rings (SSSR count). The average Bonchev–Trinajstić information content (AvgIpc) is 3.26. The van der Waals surface area contributed by atoms with E-state index in [9.17, 15) is 18.0 Å². The van der Waals surface area contributed by atoms with E-state index in [2.05, 4.69) is 4.98 Å². The zero-order valence-electron chi connectivity index (χ0n) is 18.4. The molecule has 0 bridgehead atoms. The summed E-state index contributed by atoms with van der Waals surface area (Å²) in [6, 6.07) is 13.9. The van der Waals surface area contributed by atoms with Crippen LogP contribution in [0.1, 0.15) is 17.8 Å². The smallest absolute Gasteiger partial charge is 0.306 e. The van der Waals surface area contributed by atoms with Gasteiger partial charge in [0.2, 0.25) is 10.0 Å². The molecule has 0 atom stereocenters. The second-order valence-corrected chi connectivity index (χ2v) is 11.3. The maximum Gasteiger partial charge on any atom is 0.306 e. The quantitative estimate of drug-likeness (QED) is 0.422. The highest BCUT2D eigenvalue weighted by Gasteiger charge is 2.30. The van der Waals surface area contributed by atoms with Crippen LogP contribution in [0.15, 0.2) is 53.4 Å². The van der Waals surface area contributed by atoms with E-state index in [4.69, 9.17) is 16.3 Å². The fourth-order valence-electron chi connectivity index (χ4n) is 3.65. The first kappa shape index (κ1) is 24.6. The molecular weight excluding hydrogens is 498 g/mol. The first-order chi connectivity index (χ1) is 16.3. The lowest BCUT2D eigenvalue weighted by Crippen LogP contribution is -2.51. The molecule has 3 aromatic rings. The molecular formula is C23H24ClN3O5S2. The van der Waals surface area contributed by atoms with Gasteiger partial charge in [-0.2, -0.15) is 4.31 Å². The number of rotatable bonds is 8. The molecule has 0 saturated carbocycles. The standard InChI is InChI=1S/C23H24ClN3O5S2/c24-17-8-10-18(11-9-17)34(30,31)27-14-12-26(13-15-27)22(28)16-32-23(29)7-3-6-21-25-19-4-1-2-5-20(19)33-21/h1-2,4-5,8-11H,3,6-7,12-16H2. The Morgan fingerprint density at radius 1 is 1.03 bits per heavy atom. The monoisotopic (exact) mass is 521 g/mol. The molecule has 0 spiro atoms. The molecule has 180 valence electrons. The van der Waals surface area contributed by atoms with Gasteiger partial charge in [0.1, 0.15) is 0 Å². The zero-order valence-corrected chi connectivity index (χ0v) is 20.7. The van der Waals surface area contributed by atoms with Crippen molar-refractivity contribution in [2.45, 2.75) is 24.2 Å². The number of piperazine rings is 1. The molecule has 2 heterocycles. The first-order valence-corrected chi connectivity index (χ1v) is 13.5. The number of amides is 1. The Morgan fingerprint density at radius 2 is 1.74 bits per heavy atom. The third kappa shape index (κ3) is 5.93. The Hall–Kier alpha value is -2.53. The maximum atomic E-state index is 12.8. The lowest BCUT2D eigenvalue weighted by atomic mass is 10.2. The lowest BCUT2D eigenvalue weighted by Gasteiger charge is -2.33. The average molecular weight is 522 g/mol. The molecule has 0 aliphatic carbocycles. The number of para-hydroxylation sites is 1. The van der Waals surface area contributed by atoms with E-state index >= 15 is 0 Å². The van der Waals surface area contributed by atoms with Gasteiger partial charge in [-0.3, -0.25) is 9.59 Å². The molecule has 34 heavy (non-hydrogen) atoms. The number of halogens is 1. The number of carbonyl (C=O) groups excluding carboxylic acids is 2. The number of esters is 1. The lowest BCUT2D eigenvalue weighted by molar-refractivity contribution is -0.152. The highest BCUT2D eigenvalue weighted by Crippen LogP contribution is 2.23. The van der Waals surface area contributed by atoms with E-state index in [1.54, 1.807) is 11.3 Å². The van der Waals surface area contributed by atoms with Gasteiger partial charge < -0.3 is 9.64 Å². The van der Waals surface area contributed by atoms with Crippen LogP contribution in [0.4, 0.5) is 0 Å². The van der Waals surface area contributed by atoms with Crippen molar-refractivity contribution in [2.24, 2.45) is 0 Å². The Kier molecular flexibility index (Phi) is 7.82. The van der Waals surface area contributed by atoms with Gasteiger partial charge in [-0.25, -0.2) is 13.4 Å². The number of hydrogen-bond donors (Lipinski definition) is 0. The molecule has 2 aromatic carbocycles. The number of aromatic nitrogens is 1. The molecule has 0 unspecified atom stereocenters. The number of nitrogens with zero attached hydrogens (tertiary/aromatic N) is 3. The predicted octanol–water partition coefficient (Wildman–Crippen LogP) is 3.35. The number of hydrogen-bond acceptors (Lipinski definition) is 7. The van der Waals surface area contributed by atoms with E-state index in [0.717, 1.165) is 15.2 Å². The van der Waals surface area contributed by atoms with Gasteiger partial charge >= 0.3 is 5.97 Å². The van der Waals surface area contributed by atoms with Crippen molar-refractivity contribution in [2.75, 3.05) is 32.8 Å². The predicted molar refractivity (Wildman–Crippen MR) is 130 cm³/mol. The first-order valence-electron chi connectivity index (χ1n) is 10.9. The third-order valence-corrected chi connectivity index (χ3v) is 8.77. The number of sulfonamides is 1. The van der Waals surface area contributed by atoms with Gasteiger partial charge in [-0.1, -0.05) is 23.7 Å². The van der Waals surface area contributed by atoms with Crippen molar-refractivity contribution in [1.82, 2.24) is 14.2 Å². The van der Waals surface area contributed by atoms with E-state index in [-0.39, 0.29) is 50.0 Å². The molecule has 1 fully saturated rings. The summed E-state index contributed by atoms with van der Waals surface area (Å²) in [7, 11) is -3.65. The Balaban J connectivity index is 1.18. The number of fused-ring (bicyclic) bond motifs is 1. The van der Waals surface area contributed by atoms with Crippen molar-refractivity contribution in [1.29, 1.82) is 0 Å². The van der Waals surface area contributed by atoms with Crippen LogP contribution in [0.3, 0.4) is 0 Å². The van der Waals surface area contributed by atoms with Crippen molar-refractivity contribution < 1.29 is 22.7 Å². The minimum absolute atomic E-state index is 0.163. The minimum Gasteiger partial charge on any atom is -0.456 e. The van der Waals surface area contributed by atoms with Crippen molar-refractivity contribution in [3.63, 3.8) is 0 Å². The number of thiazole rings is 1.